The number of nitrogens with zero attached hydrogens (tertiary/aromatic N) is 2. The van der Waals surface area contributed by atoms with Gasteiger partial charge >= 0.3 is 12.1 Å². The van der Waals surface area contributed by atoms with Crippen molar-refractivity contribution in [2.75, 3.05) is 11.9 Å². The first kappa shape index (κ1) is 24.0. The fraction of sp³-hybridized carbons (Fsp3) is 0.308. The molecule has 35 heavy (non-hydrogen) atoms. The molecule has 0 unspecified atom stereocenters. The van der Waals surface area contributed by atoms with Crippen LogP contribution in [0.25, 0.3) is 11.1 Å². The number of carboxylic acids is 1. The van der Waals surface area contributed by atoms with Crippen molar-refractivity contribution in [3.8, 4) is 11.1 Å². The summed E-state index contributed by atoms with van der Waals surface area (Å²) in [5.41, 5.74) is 4.43. The molecule has 1 aliphatic carbocycles. The smallest absolute Gasteiger partial charge is 0.407 e. The molecule has 2 amide bonds. The minimum Gasteiger partial charge on any atom is -0.477 e. The maximum Gasteiger partial charge on any atom is 0.407 e. The quantitative estimate of drug-likeness (QED) is 0.426. The molecule has 0 aliphatic heterocycles. The number of alkyl carbamates (subject to hydrolysis) is 1. The molecule has 0 fully saturated rings. The molecule has 0 saturated heterocycles. The largest absolute Gasteiger partial charge is 0.477 e. The van der Waals surface area contributed by atoms with Crippen LogP contribution in [0.1, 0.15) is 53.6 Å². The van der Waals surface area contributed by atoms with E-state index in [4.69, 9.17) is 4.74 Å². The third-order valence-electron chi connectivity index (χ3n) is 6.05. The van der Waals surface area contributed by atoms with Crippen molar-refractivity contribution in [2.24, 2.45) is 7.05 Å². The van der Waals surface area contributed by atoms with Gasteiger partial charge in [0.15, 0.2) is 5.82 Å². The summed E-state index contributed by atoms with van der Waals surface area (Å²) in [6.07, 6.45) is 1.99. The summed E-state index contributed by atoms with van der Waals surface area (Å²) < 4.78 is 6.91. The van der Waals surface area contributed by atoms with Crippen LogP contribution < -0.4 is 10.6 Å². The Bertz CT molecular complexity index is 1210. The van der Waals surface area contributed by atoms with Gasteiger partial charge in [-0.25, -0.2) is 9.59 Å². The van der Waals surface area contributed by atoms with E-state index >= 15 is 0 Å². The molecule has 0 radical (unpaired) electrons. The molecule has 3 aromatic rings. The second-order valence-electron chi connectivity index (χ2n) is 8.58. The lowest BCUT2D eigenvalue weighted by molar-refractivity contribution is -0.116. The Kier molecular flexibility index (Phi) is 7.14. The van der Waals surface area contributed by atoms with Crippen molar-refractivity contribution in [1.29, 1.82) is 0 Å². The summed E-state index contributed by atoms with van der Waals surface area (Å²) >= 11 is 0. The number of amides is 2. The van der Waals surface area contributed by atoms with Gasteiger partial charge in [0.25, 0.3) is 0 Å². The van der Waals surface area contributed by atoms with E-state index in [1.54, 1.807) is 7.05 Å². The standard InChI is InChI=1S/C26H28N4O5/c1-3-8-16(13-23(31)28-24-21(25(32)33)14-30(2)29-24)27-26(34)35-15-22-19-11-6-4-9-17(19)18-10-5-7-12-20(18)22/h4-7,9-12,14,16,22H,3,8,13,15H2,1-2H3,(H,27,34)(H,32,33)(H,28,29,31)/t16-/m0/s1. The van der Waals surface area contributed by atoms with Crippen molar-refractivity contribution < 1.29 is 24.2 Å². The van der Waals surface area contributed by atoms with Gasteiger partial charge in [-0.3, -0.25) is 9.48 Å². The Morgan fingerprint density at radius 2 is 1.71 bits per heavy atom. The number of fused-ring (bicyclic) bond motifs is 3. The molecule has 1 aromatic heterocycles. The molecule has 0 bridgehead atoms. The summed E-state index contributed by atoms with van der Waals surface area (Å²) in [6, 6.07) is 15.7. The molecule has 0 spiro atoms. The number of anilines is 1. The van der Waals surface area contributed by atoms with Crippen LogP contribution in [0.15, 0.2) is 54.7 Å². The first-order valence-corrected chi connectivity index (χ1v) is 11.6. The topological polar surface area (TPSA) is 123 Å². The van der Waals surface area contributed by atoms with Crippen LogP contribution in [0.4, 0.5) is 10.6 Å². The summed E-state index contributed by atoms with van der Waals surface area (Å²) in [4.78, 5) is 36.5. The molecule has 1 heterocycles. The number of benzene rings is 2. The minimum atomic E-state index is -1.18. The molecule has 182 valence electrons. The first-order valence-electron chi connectivity index (χ1n) is 11.6. The van der Waals surface area contributed by atoms with Crippen molar-refractivity contribution in [2.45, 2.75) is 38.1 Å². The van der Waals surface area contributed by atoms with Gasteiger partial charge in [-0.15, -0.1) is 0 Å². The Morgan fingerprint density at radius 1 is 1.09 bits per heavy atom. The van der Waals surface area contributed by atoms with Crippen LogP contribution in [0.2, 0.25) is 0 Å². The molecule has 2 aromatic carbocycles. The fourth-order valence-corrected chi connectivity index (χ4v) is 4.52. The SMILES string of the molecule is CCC[C@@H](CC(=O)Nc1nn(C)cc1C(=O)O)NC(=O)OCC1c2ccccc2-c2ccccc21. The number of hydrogen-bond donors (Lipinski definition) is 3. The van der Waals surface area contributed by atoms with E-state index < -0.39 is 24.0 Å². The highest BCUT2D eigenvalue weighted by atomic mass is 16.5. The minimum absolute atomic E-state index is 0.0265. The summed E-state index contributed by atoms with van der Waals surface area (Å²) in [6.45, 7) is 2.13. The highest BCUT2D eigenvalue weighted by Crippen LogP contribution is 2.44. The Labute approximate surface area is 203 Å². The summed E-state index contributed by atoms with van der Waals surface area (Å²) in [5.74, 6) is -1.71. The molecule has 9 heteroatoms. The average molecular weight is 477 g/mol. The van der Waals surface area contributed by atoms with E-state index in [2.05, 4.69) is 40.0 Å². The van der Waals surface area contributed by atoms with Gasteiger partial charge in [0, 0.05) is 31.6 Å². The molecule has 3 N–H and O–H groups in total. The predicted octanol–water partition coefficient (Wildman–Crippen LogP) is 4.15. The van der Waals surface area contributed by atoms with E-state index in [9.17, 15) is 19.5 Å². The number of aromatic nitrogens is 2. The Hall–Kier alpha value is -4.14. The zero-order chi connectivity index (χ0) is 24.9. The third-order valence-corrected chi connectivity index (χ3v) is 6.05. The van der Waals surface area contributed by atoms with Crippen LogP contribution in [0.5, 0.6) is 0 Å². The van der Waals surface area contributed by atoms with E-state index in [1.165, 1.54) is 10.9 Å². The first-order chi connectivity index (χ1) is 16.9. The Morgan fingerprint density at radius 3 is 2.31 bits per heavy atom. The van der Waals surface area contributed by atoms with Gasteiger partial charge in [-0.2, -0.15) is 5.10 Å². The monoisotopic (exact) mass is 476 g/mol. The lowest BCUT2D eigenvalue weighted by atomic mass is 9.98. The molecular weight excluding hydrogens is 448 g/mol. The van der Waals surface area contributed by atoms with Crippen molar-refractivity contribution in [3.63, 3.8) is 0 Å². The lowest BCUT2D eigenvalue weighted by Crippen LogP contribution is -2.38. The van der Waals surface area contributed by atoms with E-state index in [-0.39, 0.29) is 30.3 Å². The van der Waals surface area contributed by atoms with Crippen LogP contribution in [-0.2, 0) is 16.6 Å². The van der Waals surface area contributed by atoms with Gasteiger partial charge in [0.05, 0.1) is 0 Å². The van der Waals surface area contributed by atoms with E-state index in [1.807, 2.05) is 31.2 Å². The molecular formula is C26H28N4O5. The second kappa shape index (κ2) is 10.4. The van der Waals surface area contributed by atoms with Crippen LogP contribution in [-0.4, -0.2) is 45.5 Å². The zero-order valence-electron chi connectivity index (χ0n) is 19.7. The maximum absolute atomic E-state index is 12.6. The molecule has 1 aliphatic rings. The number of aromatic carboxylic acids is 1. The number of carbonyl (C=O) groups excluding carboxylic acids is 2. The normalized spacial score (nSPS) is 13.0. The number of rotatable bonds is 9. The van der Waals surface area contributed by atoms with Gasteiger partial charge in [-0.1, -0.05) is 61.9 Å². The number of aryl methyl sites for hydroxylation is 1. The highest BCUT2D eigenvalue weighted by Gasteiger charge is 2.29. The maximum atomic E-state index is 12.6. The van der Waals surface area contributed by atoms with Gasteiger partial charge in [-0.05, 0) is 28.7 Å². The Balaban J connectivity index is 1.36. The summed E-state index contributed by atoms with van der Waals surface area (Å²) in [5, 5.41) is 18.6. The van der Waals surface area contributed by atoms with E-state index in [0.717, 1.165) is 28.7 Å². The number of ether oxygens (including phenoxy) is 1. The van der Waals surface area contributed by atoms with Gasteiger partial charge in [0.1, 0.15) is 12.2 Å². The fourth-order valence-electron chi connectivity index (χ4n) is 4.52. The van der Waals surface area contributed by atoms with Crippen molar-refractivity contribution in [1.82, 2.24) is 15.1 Å². The molecule has 1 atom stereocenters. The van der Waals surface area contributed by atoms with Crippen LogP contribution in [0.3, 0.4) is 0 Å². The molecule has 0 saturated carbocycles. The van der Waals surface area contributed by atoms with Crippen molar-refractivity contribution in [3.05, 3.63) is 71.4 Å². The van der Waals surface area contributed by atoms with Crippen LogP contribution >= 0.6 is 0 Å². The molecule has 9 nitrogen and oxygen atoms in total. The van der Waals surface area contributed by atoms with Gasteiger partial charge < -0.3 is 20.5 Å². The lowest BCUT2D eigenvalue weighted by Gasteiger charge is -2.19. The van der Waals surface area contributed by atoms with Gasteiger partial charge in [0.2, 0.25) is 5.91 Å². The summed E-state index contributed by atoms with van der Waals surface area (Å²) in [7, 11) is 1.57. The van der Waals surface area contributed by atoms with Crippen LogP contribution in [0, 0.1) is 0 Å². The predicted molar refractivity (Wildman–Crippen MR) is 130 cm³/mol. The molecule has 4 rings (SSSR count). The number of nitrogens with one attached hydrogen (secondary N) is 2. The zero-order valence-corrected chi connectivity index (χ0v) is 19.7. The highest BCUT2D eigenvalue weighted by molar-refractivity contribution is 5.99. The number of carboxylic acid groups (broad SMARTS) is 1. The second-order valence-corrected chi connectivity index (χ2v) is 8.58. The van der Waals surface area contributed by atoms with E-state index in [0.29, 0.717) is 6.42 Å². The number of carbonyl (C=O) groups is 3. The number of hydrogen-bond acceptors (Lipinski definition) is 5. The van der Waals surface area contributed by atoms with Crippen molar-refractivity contribution >= 4 is 23.8 Å². The average Bonchev–Trinajstić information content (AvgIpc) is 3.35. The third kappa shape index (κ3) is 5.34.